The lowest BCUT2D eigenvalue weighted by molar-refractivity contribution is 0.479. The molecule has 1 aromatic carbocycles. The van der Waals surface area contributed by atoms with Gasteiger partial charge >= 0.3 is 0 Å². The van der Waals surface area contributed by atoms with Crippen molar-refractivity contribution < 1.29 is 0 Å². The van der Waals surface area contributed by atoms with E-state index < -0.39 is 0 Å². The molecule has 0 amide bonds. The third-order valence-electron chi connectivity index (χ3n) is 3.11. The molecule has 5 heteroatoms. The molecule has 110 valence electrons. The first-order valence-electron chi connectivity index (χ1n) is 6.53. The van der Waals surface area contributed by atoms with E-state index in [1.807, 2.05) is 38.0 Å². The van der Waals surface area contributed by atoms with Crippen molar-refractivity contribution in [2.45, 2.75) is 6.42 Å². The van der Waals surface area contributed by atoms with E-state index in [-0.39, 0.29) is 24.0 Å². The number of nitrogens with one attached hydrogen (secondary N) is 1. The summed E-state index contributed by atoms with van der Waals surface area (Å²) in [5.74, 6) is 1.000. The molecule has 0 saturated heterocycles. The Labute approximate surface area is 137 Å². The highest BCUT2D eigenvalue weighted by Crippen LogP contribution is 2.17. The van der Waals surface area contributed by atoms with Gasteiger partial charge in [-0.25, -0.2) is 0 Å². The summed E-state index contributed by atoms with van der Waals surface area (Å²) in [6.45, 7) is 0.799. The first-order chi connectivity index (χ1) is 9.09. The molecular formula is C15H23IN4. The summed E-state index contributed by atoms with van der Waals surface area (Å²) in [7, 11) is 8.07. The number of nitrogens with zero attached hydrogens (tertiary/aromatic N) is 3. The number of fused-ring (bicyclic) bond motifs is 1. The molecule has 0 radical (unpaired) electrons. The zero-order chi connectivity index (χ0) is 13.8. The fraction of sp³-hybridized carbons (Fsp3) is 0.400. The summed E-state index contributed by atoms with van der Waals surface area (Å²) in [6.07, 6.45) is 3.04. The van der Waals surface area contributed by atoms with E-state index in [0.29, 0.717) is 0 Å². The second-order valence-corrected chi connectivity index (χ2v) is 5.08. The Kier molecular flexibility index (Phi) is 6.32. The molecule has 1 aromatic heterocycles. The molecule has 1 heterocycles. The first-order valence-corrected chi connectivity index (χ1v) is 6.53. The number of guanidine groups is 1. The number of halogens is 1. The molecule has 0 bridgehead atoms. The molecule has 0 aliphatic rings. The fourth-order valence-electron chi connectivity index (χ4n) is 2.30. The number of aromatic nitrogens is 1. The molecular weight excluding hydrogens is 363 g/mol. The lowest BCUT2D eigenvalue weighted by atomic mass is 10.1. The van der Waals surface area contributed by atoms with Gasteiger partial charge in [0.2, 0.25) is 0 Å². The van der Waals surface area contributed by atoms with Gasteiger partial charge in [-0.15, -0.1) is 24.0 Å². The average molecular weight is 386 g/mol. The van der Waals surface area contributed by atoms with Crippen LogP contribution in [0.25, 0.3) is 10.9 Å². The minimum atomic E-state index is 0. The van der Waals surface area contributed by atoms with Crippen molar-refractivity contribution in [3.63, 3.8) is 0 Å². The van der Waals surface area contributed by atoms with Crippen LogP contribution in [-0.2, 0) is 6.42 Å². The van der Waals surface area contributed by atoms with Crippen molar-refractivity contribution in [1.29, 1.82) is 0 Å². The number of H-pyrrole nitrogens is 1. The lowest BCUT2D eigenvalue weighted by Gasteiger charge is -2.22. The van der Waals surface area contributed by atoms with Crippen LogP contribution in [-0.4, -0.2) is 55.5 Å². The standard InChI is InChI=1S/C15H22N4.HI/c1-18(2)15(19(3)4)16-10-9-12-11-17-14-8-6-5-7-13(12)14;/h5-8,11,17H,9-10H2,1-4H3;1H. The van der Waals surface area contributed by atoms with Gasteiger partial charge in [0.1, 0.15) is 0 Å². The minimum Gasteiger partial charge on any atom is -0.361 e. The van der Waals surface area contributed by atoms with Crippen LogP contribution in [0.1, 0.15) is 5.56 Å². The van der Waals surface area contributed by atoms with Gasteiger partial charge in [-0.2, -0.15) is 0 Å². The van der Waals surface area contributed by atoms with Crippen LogP contribution in [0.4, 0.5) is 0 Å². The zero-order valence-electron chi connectivity index (χ0n) is 12.6. The van der Waals surface area contributed by atoms with Crippen LogP contribution >= 0.6 is 24.0 Å². The van der Waals surface area contributed by atoms with Crippen molar-refractivity contribution in [3.8, 4) is 0 Å². The lowest BCUT2D eigenvalue weighted by Crippen LogP contribution is -2.35. The highest BCUT2D eigenvalue weighted by molar-refractivity contribution is 14.0. The molecule has 1 N–H and O–H groups in total. The molecule has 2 aromatic rings. The highest BCUT2D eigenvalue weighted by Gasteiger charge is 2.05. The van der Waals surface area contributed by atoms with Gasteiger partial charge in [0.25, 0.3) is 0 Å². The van der Waals surface area contributed by atoms with E-state index in [2.05, 4.69) is 40.4 Å². The maximum Gasteiger partial charge on any atom is 0.195 e. The molecule has 0 saturated carbocycles. The van der Waals surface area contributed by atoms with Crippen molar-refractivity contribution in [1.82, 2.24) is 14.8 Å². The van der Waals surface area contributed by atoms with E-state index >= 15 is 0 Å². The van der Waals surface area contributed by atoms with Crippen molar-refractivity contribution >= 4 is 40.8 Å². The summed E-state index contributed by atoms with van der Waals surface area (Å²) in [5, 5.41) is 1.30. The Morgan fingerprint density at radius 3 is 2.40 bits per heavy atom. The van der Waals surface area contributed by atoms with Gasteiger partial charge in [-0.05, 0) is 18.1 Å². The largest absolute Gasteiger partial charge is 0.361 e. The molecule has 0 aliphatic heterocycles. The normalized spacial score (nSPS) is 10.0. The number of hydrogen-bond acceptors (Lipinski definition) is 1. The van der Waals surface area contributed by atoms with Crippen molar-refractivity contribution in [2.24, 2.45) is 4.99 Å². The zero-order valence-corrected chi connectivity index (χ0v) is 14.9. The second-order valence-electron chi connectivity index (χ2n) is 5.08. The molecule has 2 rings (SSSR count). The fourth-order valence-corrected chi connectivity index (χ4v) is 2.30. The van der Waals surface area contributed by atoms with Gasteiger partial charge < -0.3 is 14.8 Å². The number of aromatic amines is 1. The number of hydrogen-bond donors (Lipinski definition) is 1. The van der Waals surface area contributed by atoms with Gasteiger partial charge in [0.15, 0.2) is 5.96 Å². The van der Waals surface area contributed by atoms with Crippen LogP contribution in [0.3, 0.4) is 0 Å². The Morgan fingerprint density at radius 2 is 1.75 bits per heavy atom. The quantitative estimate of drug-likeness (QED) is 0.500. The molecule has 4 nitrogen and oxygen atoms in total. The average Bonchev–Trinajstić information content (AvgIpc) is 2.77. The summed E-state index contributed by atoms with van der Waals surface area (Å²) in [4.78, 5) is 12.0. The third-order valence-corrected chi connectivity index (χ3v) is 3.11. The molecule has 0 fully saturated rings. The number of para-hydroxylation sites is 1. The Hall–Kier alpha value is -1.24. The molecule has 0 atom stereocenters. The van der Waals surface area contributed by atoms with E-state index in [0.717, 1.165) is 18.9 Å². The van der Waals surface area contributed by atoms with E-state index in [9.17, 15) is 0 Å². The maximum atomic E-state index is 4.66. The summed E-state index contributed by atoms with van der Waals surface area (Å²) < 4.78 is 0. The third kappa shape index (κ3) is 3.88. The van der Waals surface area contributed by atoms with Gasteiger partial charge in [-0.1, -0.05) is 18.2 Å². The van der Waals surface area contributed by atoms with Gasteiger partial charge in [0.05, 0.1) is 0 Å². The van der Waals surface area contributed by atoms with Crippen LogP contribution in [0.5, 0.6) is 0 Å². The second kappa shape index (κ2) is 7.52. The predicted octanol–water partition coefficient (Wildman–Crippen LogP) is 2.81. The molecule has 0 aliphatic carbocycles. The highest BCUT2D eigenvalue weighted by atomic mass is 127. The van der Waals surface area contributed by atoms with Crippen molar-refractivity contribution in [3.05, 3.63) is 36.0 Å². The smallest absolute Gasteiger partial charge is 0.195 e. The monoisotopic (exact) mass is 386 g/mol. The van der Waals surface area contributed by atoms with Gasteiger partial charge in [-0.3, -0.25) is 4.99 Å². The minimum absolute atomic E-state index is 0. The van der Waals surface area contributed by atoms with Crippen LogP contribution < -0.4 is 0 Å². The molecule has 20 heavy (non-hydrogen) atoms. The Bertz CT molecular complexity index is 562. The number of rotatable bonds is 3. The van der Waals surface area contributed by atoms with Crippen LogP contribution in [0.15, 0.2) is 35.5 Å². The van der Waals surface area contributed by atoms with E-state index in [4.69, 9.17) is 0 Å². The summed E-state index contributed by atoms with van der Waals surface area (Å²) in [6, 6.07) is 8.39. The number of aliphatic imine (C=N–C) groups is 1. The summed E-state index contributed by atoms with van der Waals surface area (Å²) >= 11 is 0. The molecule has 0 spiro atoms. The first kappa shape index (κ1) is 16.8. The SMILES string of the molecule is CN(C)C(=NCCc1c[nH]c2ccccc12)N(C)C.I. The Balaban J connectivity index is 0.00000200. The van der Waals surface area contributed by atoms with E-state index in [1.165, 1.54) is 16.5 Å². The van der Waals surface area contributed by atoms with Crippen LogP contribution in [0.2, 0.25) is 0 Å². The van der Waals surface area contributed by atoms with Crippen LogP contribution in [0, 0.1) is 0 Å². The Morgan fingerprint density at radius 1 is 1.10 bits per heavy atom. The predicted molar refractivity (Wildman–Crippen MR) is 97.1 cm³/mol. The summed E-state index contributed by atoms with van der Waals surface area (Å²) in [5.41, 5.74) is 2.53. The number of benzene rings is 1. The maximum absolute atomic E-state index is 4.66. The van der Waals surface area contributed by atoms with Crippen molar-refractivity contribution in [2.75, 3.05) is 34.7 Å². The topological polar surface area (TPSA) is 34.6 Å². The van der Waals surface area contributed by atoms with E-state index in [1.54, 1.807) is 0 Å². The van der Waals surface area contributed by atoms with Gasteiger partial charge in [0, 0.05) is 51.8 Å². The molecule has 0 unspecified atom stereocenters.